The number of allylic oxidation sites excluding steroid dienone is 18. The zero-order valence-electron chi connectivity index (χ0n) is 32.6. The van der Waals surface area contributed by atoms with Gasteiger partial charge >= 0.3 is 24.7 Å². The largest absolute Gasteiger partial charge is 0.411 e. The van der Waals surface area contributed by atoms with E-state index in [1.54, 1.807) is 12.2 Å². The zero-order valence-corrected chi connectivity index (χ0v) is 32.6. The molecular formula is C50H36F12. The maximum atomic E-state index is 15.6. The van der Waals surface area contributed by atoms with Crippen molar-refractivity contribution in [1.82, 2.24) is 0 Å². The summed E-state index contributed by atoms with van der Waals surface area (Å²) in [5, 5.41) is 2.21. The van der Waals surface area contributed by atoms with Crippen LogP contribution in [0.25, 0.3) is 21.9 Å². The van der Waals surface area contributed by atoms with Crippen molar-refractivity contribution in [3.05, 3.63) is 177 Å². The average molecular weight is 865 g/mol. The third kappa shape index (κ3) is 5.69. The molecule has 0 nitrogen and oxygen atoms in total. The minimum absolute atomic E-state index is 0.0277. The number of alkyl halides is 12. The van der Waals surface area contributed by atoms with Crippen molar-refractivity contribution >= 4 is 21.9 Å². The number of fused-ring (bicyclic) bond motifs is 6. The van der Waals surface area contributed by atoms with Gasteiger partial charge in [0.25, 0.3) is 0 Å². The molecule has 0 N–H and O–H groups in total. The van der Waals surface area contributed by atoms with Crippen LogP contribution in [0.4, 0.5) is 52.7 Å². The fourth-order valence-corrected chi connectivity index (χ4v) is 11.6. The molecule has 12 heteroatoms. The lowest BCUT2D eigenvalue weighted by atomic mass is 9.66. The Kier molecular flexibility index (Phi) is 8.96. The third-order valence-corrected chi connectivity index (χ3v) is 14.4. The van der Waals surface area contributed by atoms with Crippen LogP contribution < -0.4 is 0 Å². The van der Waals surface area contributed by atoms with Crippen molar-refractivity contribution < 1.29 is 52.7 Å². The zero-order chi connectivity index (χ0) is 43.8. The van der Waals surface area contributed by atoms with Gasteiger partial charge in [0, 0.05) is 17.8 Å². The Morgan fingerprint density at radius 3 is 1.87 bits per heavy atom. The van der Waals surface area contributed by atoms with Gasteiger partial charge in [-0.05, 0) is 123 Å². The summed E-state index contributed by atoms with van der Waals surface area (Å²) in [5.41, 5.74) is -9.77. The molecule has 7 aliphatic carbocycles. The van der Waals surface area contributed by atoms with Crippen LogP contribution in [0.5, 0.6) is 0 Å². The van der Waals surface area contributed by atoms with Crippen LogP contribution in [0.15, 0.2) is 160 Å². The first-order valence-corrected chi connectivity index (χ1v) is 20.5. The molecule has 0 saturated heterocycles. The van der Waals surface area contributed by atoms with E-state index in [0.29, 0.717) is 12.0 Å². The van der Waals surface area contributed by atoms with E-state index in [2.05, 4.69) is 24.3 Å². The standard InChI is InChI=1S/C50H36F12/c51-47(52,53)45(48(54,55)56)41-8-4-3-7-37(41)38-18-16-35(25-42(38)45)36-17-20-40-39-19-15-34(24-43(39)46(44(40)26-36,49(57,58)59)50(60,61)62)33-14-13-31-22-30(11-12-32(31)23-33)29-10-9-27-5-1-2-6-28(27)21-29/h1-10,13-15,19,21-26,31-32,39,43H,11-12,16-18,20H2. The van der Waals surface area contributed by atoms with Crippen molar-refractivity contribution in [3.63, 3.8) is 0 Å². The summed E-state index contributed by atoms with van der Waals surface area (Å²) in [5.74, 6) is -3.50. The SMILES string of the molecule is FC(F)(F)C1(C(F)(F)F)C2=C(CCC(C3=CC4=C(CC3)C3C=CC(C5=CC6CCC(c7ccc8ccccc8c7)=CC6C=C5)=CC3C4(C(F)(F)F)C(F)(F)F)=C2)c2ccccc21. The molecule has 320 valence electrons. The van der Waals surface area contributed by atoms with Crippen LogP contribution in [0, 0.1) is 29.1 Å². The molecule has 10 rings (SSSR count). The molecule has 0 fully saturated rings. The first-order chi connectivity index (χ1) is 29.3. The molecule has 0 saturated carbocycles. The smallest absolute Gasteiger partial charge is 0.170 e. The van der Waals surface area contributed by atoms with Crippen molar-refractivity contribution in [2.24, 2.45) is 29.1 Å². The lowest BCUT2D eigenvalue weighted by molar-refractivity contribution is -0.335. The van der Waals surface area contributed by atoms with E-state index >= 15 is 26.3 Å². The van der Waals surface area contributed by atoms with Gasteiger partial charge in [0.2, 0.25) is 5.41 Å². The number of hydrogen-bond donors (Lipinski definition) is 0. The average Bonchev–Trinajstić information content (AvgIpc) is 3.71. The molecule has 3 aromatic rings. The first kappa shape index (κ1) is 40.8. The normalized spacial score (nSPS) is 26.5. The molecular weight excluding hydrogens is 829 g/mol. The third-order valence-electron chi connectivity index (χ3n) is 14.4. The monoisotopic (exact) mass is 864 g/mol. The maximum absolute atomic E-state index is 15.6. The predicted molar refractivity (Wildman–Crippen MR) is 213 cm³/mol. The summed E-state index contributed by atoms with van der Waals surface area (Å²) >= 11 is 0. The summed E-state index contributed by atoms with van der Waals surface area (Å²) in [6.07, 6.45) is -9.71. The van der Waals surface area contributed by atoms with Crippen LogP contribution in [0.2, 0.25) is 0 Å². The number of halogens is 12. The second-order valence-electron chi connectivity index (χ2n) is 17.3. The molecule has 3 aromatic carbocycles. The van der Waals surface area contributed by atoms with Crippen LogP contribution in [-0.4, -0.2) is 24.7 Å². The number of hydrogen-bond acceptors (Lipinski definition) is 0. The molecule has 0 spiro atoms. The molecule has 4 atom stereocenters. The number of benzene rings is 3. The molecule has 7 aliphatic rings. The lowest BCUT2D eigenvalue weighted by Gasteiger charge is -2.42. The van der Waals surface area contributed by atoms with Gasteiger partial charge in [-0.15, -0.1) is 0 Å². The summed E-state index contributed by atoms with van der Waals surface area (Å²) in [6.45, 7) is 0. The van der Waals surface area contributed by atoms with Crippen LogP contribution >= 0.6 is 0 Å². The first-order valence-electron chi connectivity index (χ1n) is 20.5. The van der Waals surface area contributed by atoms with E-state index in [-0.39, 0.29) is 70.9 Å². The van der Waals surface area contributed by atoms with E-state index in [4.69, 9.17) is 0 Å². The highest BCUT2D eigenvalue weighted by atomic mass is 19.4. The van der Waals surface area contributed by atoms with Crippen molar-refractivity contribution in [3.8, 4) is 0 Å². The minimum atomic E-state index is -5.88. The summed E-state index contributed by atoms with van der Waals surface area (Å²) in [4.78, 5) is 0. The quantitative estimate of drug-likeness (QED) is 0.230. The Hall–Kier alpha value is -5.26. The lowest BCUT2D eigenvalue weighted by Crippen LogP contribution is -2.55. The van der Waals surface area contributed by atoms with Gasteiger partial charge in [-0.2, -0.15) is 52.7 Å². The predicted octanol–water partition coefficient (Wildman–Crippen LogP) is 15.2. The van der Waals surface area contributed by atoms with Crippen LogP contribution in [0.3, 0.4) is 0 Å². The Balaban J connectivity index is 1.01. The molecule has 0 amide bonds. The van der Waals surface area contributed by atoms with E-state index in [9.17, 15) is 26.3 Å². The van der Waals surface area contributed by atoms with Gasteiger partial charge in [-0.1, -0.05) is 121 Å². The van der Waals surface area contributed by atoms with Crippen LogP contribution in [-0.2, 0) is 5.41 Å². The fourth-order valence-electron chi connectivity index (χ4n) is 11.6. The van der Waals surface area contributed by atoms with Crippen molar-refractivity contribution in [2.45, 2.75) is 68.6 Å². The van der Waals surface area contributed by atoms with Crippen LogP contribution in [0.1, 0.15) is 55.2 Å². The van der Waals surface area contributed by atoms with Gasteiger partial charge in [-0.25, -0.2) is 0 Å². The molecule has 62 heavy (non-hydrogen) atoms. The van der Waals surface area contributed by atoms with Gasteiger partial charge in [0.1, 0.15) is 0 Å². The van der Waals surface area contributed by atoms with Gasteiger partial charge in [-0.3, -0.25) is 0 Å². The second kappa shape index (κ2) is 13.6. The minimum Gasteiger partial charge on any atom is -0.170 e. The highest BCUT2D eigenvalue weighted by Gasteiger charge is 2.79. The Morgan fingerprint density at radius 1 is 0.532 bits per heavy atom. The fraction of sp³-hybridized carbons (Fsp3) is 0.320. The molecule has 4 unspecified atom stereocenters. The maximum Gasteiger partial charge on any atom is 0.411 e. The van der Waals surface area contributed by atoms with E-state index in [1.807, 2.05) is 36.4 Å². The molecule has 0 aliphatic heterocycles. The van der Waals surface area contributed by atoms with Gasteiger partial charge in [0.15, 0.2) is 5.41 Å². The van der Waals surface area contributed by atoms with Crippen molar-refractivity contribution in [1.29, 1.82) is 0 Å². The van der Waals surface area contributed by atoms with E-state index < -0.39 is 64.1 Å². The van der Waals surface area contributed by atoms with Gasteiger partial charge in [0.05, 0.1) is 0 Å². The molecule has 0 bridgehead atoms. The Morgan fingerprint density at radius 2 is 1.16 bits per heavy atom. The molecule has 0 heterocycles. The highest BCUT2D eigenvalue weighted by molar-refractivity contribution is 5.87. The Bertz CT molecular complexity index is 2680. The molecule has 0 radical (unpaired) electrons. The second-order valence-corrected chi connectivity index (χ2v) is 17.3. The number of rotatable bonds is 3. The molecule has 0 aromatic heterocycles. The Labute approximate surface area is 348 Å². The van der Waals surface area contributed by atoms with E-state index in [0.717, 1.165) is 58.7 Å². The highest BCUT2D eigenvalue weighted by Crippen LogP contribution is 2.70. The summed E-state index contributed by atoms with van der Waals surface area (Å²) < 4.78 is 183. The van der Waals surface area contributed by atoms with E-state index in [1.165, 1.54) is 18.2 Å². The summed E-state index contributed by atoms with van der Waals surface area (Å²) in [6, 6.07) is 18.6. The summed E-state index contributed by atoms with van der Waals surface area (Å²) in [7, 11) is 0. The topological polar surface area (TPSA) is 0 Å². The van der Waals surface area contributed by atoms with Gasteiger partial charge < -0.3 is 0 Å². The van der Waals surface area contributed by atoms with Crippen molar-refractivity contribution in [2.75, 3.05) is 0 Å².